The lowest BCUT2D eigenvalue weighted by Gasteiger charge is -2.35. The summed E-state index contributed by atoms with van der Waals surface area (Å²) in [5, 5.41) is 18.3. The molecule has 0 aromatic carbocycles. The lowest BCUT2D eigenvalue weighted by atomic mass is 9.75. The molecule has 0 spiro atoms. The van der Waals surface area contributed by atoms with E-state index in [9.17, 15) is 10.1 Å². The summed E-state index contributed by atoms with van der Waals surface area (Å²) in [6.07, 6.45) is 5.90. The van der Waals surface area contributed by atoms with E-state index in [2.05, 4.69) is 24.3 Å². The van der Waals surface area contributed by atoms with Crippen LogP contribution in [0, 0.1) is 15.5 Å². The minimum absolute atomic E-state index is 0.0564. The number of aromatic nitrogens is 2. The maximum absolute atomic E-state index is 10.9. The molecular formula is C12H20N4O2. The molecule has 6 nitrogen and oxygen atoms in total. The minimum Gasteiger partial charge on any atom is -0.360 e. The van der Waals surface area contributed by atoms with Gasteiger partial charge in [-0.2, -0.15) is 0 Å². The van der Waals surface area contributed by atoms with Crippen LogP contribution in [0.5, 0.6) is 0 Å². The second-order valence-corrected chi connectivity index (χ2v) is 5.90. The van der Waals surface area contributed by atoms with Crippen molar-refractivity contribution in [3.05, 3.63) is 16.3 Å². The molecule has 100 valence electrons. The van der Waals surface area contributed by atoms with Crippen molar-refractivity contribution in [1.82, 2.24) is 9.78 Å². The highest BCUT2D eigenvalue weighted by Gasteiger charge is 2.30. The first-order chi connectivity index (χ1) is 8.37. The lowest BCUT2D eigenvalue weighted by molar-refractivity contribution is -0.384. The monoisotopic (exact) mass is 252 g/mol. The molecule has 1 unspecified atom stereocenters. The molecular weight excluding hydrogens is 232 g/mol. The Morgan fingerprint density at radius 2 is 2.33 bits per heavy atom. The Hall–Kier alpha value is -1.59. The van der Waals surface area contributed by atoms with Gasteiger partial charge in [-0.1, -0.05) is 20.3 Å². The zero-order valence-electron chi connectivity index (χ0n) is 11.1. The van der Waals surface area contributed by atoms with Crippen molar-refractivity contribution in [1.29, 1.82) is 0 Å². The van der Waals surface area contributed by atoms with Gasteiger partial charge in [0.25, 0.3) is 0 Å². The molecule has 1 N–H and O–H groups in total. The van der Waals surface area contributed by atoms with Crippen molar-refractivity contribution in [3.8, 4) is 0 Å². The van der Waals surface area contributed by atoms with Gasteiger partial charge in [0.15, 0.2) is 0 Å². The maximum atomic E-state index is 10.9. The van der Waals surface area contributed by atoms with Gasteiger partial charge in [0.2, 0.25) is 5.82 Å². The summed E-state index contributed by atoms with van der Waals surface area (Å²) in [7, 11) is 1.70. The van der Waals surface area contributed by atoms with Gasteiger partial charge in [-0.3, -0.25) is 14.8 Å². The van der Waals surface area contributed by atoms with Crippen LogP contribution in [0.3, 0.4) is 0 Å². The SMILES string of the molecule is Cn1cc([N+](=O)[O-])c(NC2CCCC(C)(C)C2)n1. The van der Waals surface area contributed by atoms with Crippen LogP contribution in [0.25, 0.3) is 0 Å². The van der Waals surface area contributed by atoms with Crippen molar-refractivity contribution >= 4 is 11.5 Å². The van der Waals surface area contributed by atoms with E-state index in [1.54, 1.807) is 7.05 Å². The molecule has 0 aliphatic heterocycles. The summed E-state index contributed by atoms with van der Waals surface area (Å²) in [5.74, 6) is 0.394. The van der Waals surface area contributed by atoms with Crippen LogP contribution >= 0.6 is 0 Å². The highest BCUT2D eigenvalue weighted by Crippen LogP contribution is 2.37. The number of rotatable bonds is 3. The van der Waals surface area contributed by atoms with E-state index in [0.29, 0.717) is 11.2 Å². The van der Waals surface area contributed by atoms with Crippen LogP contribution in [0.15, 0.2) is 6.20 Å². The van der Waals surface area contributed by atoms with E-state index < -0.39 is 0 Å². The third kappa shape index (κ3) is 2.80. The van der Waals surface area contributed by atoms with Crippen LogP contribution in [0.1, 0.15) is 39.5 Å². The molecule has 18 heavy (non-hydrogen) atoms. The molecule has 1 aliphatic rings. The second kappa shape index (κ2) is 4.59. The average molecular weight is 252 g/mol. The predicted molar refractivity (Wildman–Crippen MR) is 69.5 cm³/mol. The van der Waals surface area contributed by atoms with Crippen LogP contribution in [0.4, 0.5) is 11.5 Å². The third-order valence-electron chi connectivity index (χ3n) is 3.55. The van der Waals surface area contributed by atoms with E-state index in [0.717, 1.165) is 19.3 Å². The first-order valence-electron chi connectivity index (χ1n) is 6.32. The molecule has 2 rings (SSSR count). The summed E-state index contributed by atoms with van der Waals surface area (Å²) < 4.78 is 1.48. The first-order valence-corrected chi connectivity index (χ1v) is 6.32. The second-order valence-electron chi connectivity index (χ2n) is 5.90. The first kappa shape index (κ1) is 12.9. The van der Waals surface area contributed by atoms with Gasteiger partial charge < -0.3 is 5.32 Å². The Bertz CT molecular complexity index is 453. The average Bonchev–Trinajstić information content (AvgIpc) is 2.58. The Kier molecular flexibility index (Phi) is 3.28. The topological polar surface area (TPSA) is 73.0 Å². The maximum Gasteiger partial charge on any atom is 0.330 e. The molecule has 6 heteroatoms. The Labute approximate surface area is 107 Å². The molecule has 1 fully saturated rings. The van der Waals surface area contributed by atoms with Gasteiger partial charge >= 0.3 is 5.69 Å². The summed E-state index contributed by atoms with van der Waals surface area (Å²) >= 11 is 0. The quantitative estimate of drug-likeness (QED) is 0.663. The fourth-order valence-electron chi connectivity index (χ4n) is 2.73. The largest absolute Gasteiger partial charge is 0.360 e. The third-order valence-corrected chi connectivity index (χ3v) is 3.55. The fourth-order valence-corrected chi connectivity index (χ4v) is 2.73. The van der Waals surface area contributed by atoms with Gasteiger partial charge in [-0.05, 0) is 24.7 Å². The molecule has 0 radical (unpaired) electrons. The zero-order valence-corrected chi connectivity index (χ0v) is 11.1. The number of nitrogens with zero attached hydrogens (tertiary/aromatic N) is 3. The molecule has 1 saturated carbocycles. The Morgan fingerprint density at radius 3 is 2.94 bits per heavy atom. The Morgan fingerprint density at radius 1 is 1.61 bits per heavy atom. The predicted octanol–water partition coefficient (Wildman–Crippen LogP) is 2.71. The minimum atomic E-state index is -0.386. The van der Waals surface area contributed by atoms with E-state index >= 15 is 0 Å². The standard InChI is InChI=1S/C12H20N4O2/c1-12(2)6-4-5-9(7-12)13-11-10(16(17)18)8-15(3)14-11/h8-9H,4-7H2,1-3H3,(H,13,14). The smallest absolute Gasteiger partial charge is 0.330 e. The summed E-state index contributed by atoms with van der Waals surface area (Å²) in [6.45, 7) is 4.49. The van der Waals surface area contributed by atoms with Crippen LogP contribution < -0.4 is 5.32 Å². The zero-order chi connectivity index (χ0) is 13.3. The molecule has 1 heterocycles. The number of nitro groups is 1. The van der Waals surface area contributed by atoms with E-state index in [1.807, 2.05) is 0 Å². The van der Waals surface area contributed by atoms with Gasteiger partial charge in [-0.25, -0.2) is 0 Å². The lowest BCUT2D eigenvalue weighted by Crippen LogP contribution is -2.32. The molecule has 1 aliphatic carbocycles. The fraction of sp³-hybridized carbons (Fsp3) is 0.750. The van der Waals surface area contributed by atoms with Crippen LogP contribution in [-0.2, 0) is 7.05 Å². The van der Waals surface area contributed by atoms with E-state index in [1.165, 1.54) is 17.3 Å². The van der Waals surface area contributed by atoms with Crippen molar-refractivity contribution in [2.45, 2.75) is 45.6 Å². The number of aryl methyl sites for hydroxylation is 1. The number of anilines is 1. The van der Waals surface area contributed by atoms with Crippen molar-refractivity contribution in [2.75, 3.05) is 5.32 Å². The van der Waals surface area contributed by atoms with Crippen LogP contribution in [-0.4, -0.2) is 20.7 Å². The molecule has 1 atom stereocenters. The van der Waals surface area contributed by atoms with Crippen molar-refractivity contribution in [2.24, 2.45) is 12.5 Å². The summed E-state index contributed by atoms with van der Waals surface area (Å²) in [4.78, 5) is 10.5. The molecule has 0 bridgehead atoms. The summed E-state index contributed by atoms with van der Waals surface area (Å²) in [5.41, 5.74) is 0.361. The van der Waals surface area contributed by atoms with Crippen molar-refractivity contribution in [3.63, 3.8) is 0 Å². The van der Waals surface area contributed by atoms with Crippen molar-refractivity contribution < 1.29 is 4.92 Å². The van der Waals surface area contributed by atoms with Gasteiger partial charge in [-0.15, -0.1) is 5.10 Å². The number of hydrogen-bond acceptors (Lipinski definition) is 4. The number of hydrogen-bond donors (Lipinski definition) is 1. The normalized spacial score (nSPS) is 22.7. The Balaban J connectivity index is 2.11. The molecule has 1 aromatic rings. The van der Waals surface area contributed by atoms with E-state index in [4.69, 9.17) is 0 Å². The molecule has 0 saturated heterocycles. The highest BCUT2D eigenvalue weighted by atomic mass is 16.6. The molecule has 1 aromatic heterocycles. The van der Waals surface area contributed by atoms with Gasteiger partial charge in [0.1, 0.15) is 6.20 Å². The van der Waals surface area contributed by atoms with Gasteiger partial charge in [0, 0.05) is 13.1 Å². The van der Waals surface area contributed by atoms with E-state index in [-0.39, 0.29) is 16.7 Å². The van der Waals surface area contributed by atoms with Crippen LogP contribution in [0.2, 0.25) is 0 Å². The number of nitrogens with one attached hydrogen (secondary N) is 1. The highest BCUT2D eigenvalue weighted by molar-refractivity contribution is 5.55. The molecule has 0 amide bonds. The van der Waals surface area contributed by atoms with Gasteiger partial charge in [0.05, 0.1) is 4.92 Å². The summed E-state index contributed by atoms with van der Waals surface area (Å²) in [6, 6.07) is 0.280.